The molecule has 0 fully saturated rings. The molecule has 8 heteroatoms. The summed E-state index contributed by atoms with van der Waals surface area (Å²) in [5.74, 6) is 0.0583. The van der Waals surface area contributed by atoms with Gasteiger partial charge in [-0.2, -0.15) is 0 Å². The van der Waals surface area contributed by atoms with Crippen molar-refractivity contribution in [2.75, 3.05) is 18.5 Å². The zero-order valence-corrected chi connectivity index (χ0v) is 21.4. The number of carboxylic acids is 1. The molecule has 1 amide bonds. The molecule has 0 aliphatic heterocycles. The van der Waals surface area contributed by atoms with Gasteiger partial charge in [-0.15, -0.1) is 0 Å². The minimum Gasteiger partial charge on any atom is -0.491 e. The number of carbonyl (C=O) groups excluding carboxylic acids is 1. The van der Waals surface area contributed by atoms with Crippen molar-refractivity contribution in [1.29, 1.82) is 0 Å². The number of fused-ring (bicyclic) bond motifs is 1. The number of hydrogen-bond donors (Lipinski definition) is 4. The first kappa shape index (κ1) is 26.8. The van der Waals surface area contributed by atoms with Gasteiger partial charge in [0.1, 0.15) is 23.7 Å². The maximum Gasteiger partial charge on any atom is 0.334 e. The highest BCUT2D eigenvalue weighted by molar-refractivity contribution is 5.94. The van der Waals surface area contributed by atoms with E-state index in [9.17, 15) is 14.7 Å². The van der Waals surface area contributed by atoms with Crippen LogP contribution in [0.15, 0.2) is 83.3 Å². The van der Waals surface area contributed by atoms with Gasteiger partial charge in [0, 0.05) is 22.2 Å². The average molecular weight is 517 g/mol. The van der Waals surface area contributed by atoms with Crippen molar-refractivity contribution >= 4 is 28.5 Å². The Balaban J connectivity index is 1.35. The predicted molar refractivity (Wildman–Crippen MR) is 146 cm³/mol. The quantitative estimate of drug-likeness (QED) is 0.205. The molecule has 0 aliphatic carbocycles. The van der Waals surface area contributed by atoms with Crippen LogP contribution in [0.5, 0.6) is 5.75 Å². The molecule has 0 radical (unpaired) electrons. The van der Waals surface area contributed by atoms with Gasteiger partial charge in [-0.05, 0) is 66.6 Å². The van der Waals surface area contributed by atoms with Gasteiger partial charge in [0.15, 0.2) is 6.10 Å². The Labute approximate surface area is 221 Å². The van der Waals surface area contributed by atoms with Gasteiger partial charge in [0.2, 0.25) is 0 Å². The summed E-state index contributed by atoms with van der Waals surface area (Å²) in [4.78, 5) is 22.9. The Morgan fingerprint density at radius 1 is 1.00 bits per heavy atom. The maximum atomic E-state index is 12.2. The lowest BCUT2D eigenvalue weighted by Crippen LogP contribution is -2.36. The van der Waals surface area contributed by atoms with Crippen molar-refractivity contribution in [3.8, 4) is 17.1 Å². The number of para-hydroxylation sites is 1. The fraction of sp³-hybridized carbons (Fsp3) is 0.267. The van der Waals surface area contributed by atoms with Gasteiger partial charge >= 0.3 is 5.97 Å². The number of rotatable bonds is 12. The summed E-state index contributed by atoms with van der Waals surface area (Å²) in [6.07, 6.45) is -0.684. The number of furan rings is 1. The Morgan fingerprint density at radius 3 is 2.37 bits per heavy atom. The first-order valence-electron chi connectivity index (χ1n) is 12.6. The van der Waals surface area contributed by atoms with Crippen LogP contribution in [0.3, 0.4) is 0 Å². The number of benzene rings is 3. The van der Waals surface area contributed by atoms with E-state index >= 15 is 0 Å². The minimum atomic E-state index is -1.64. The number of carbonyl (C=O) groups is 2. The number of aliphatic carboxylic acids is 1. The van der Waals surface area contributed by atoms with Crippen molar-refractivity contribution in [3.05, 3.63) is 84.4 Å². The average Bonchev–Trinajstić information content (AvgIpc) is 3.38. The number of ether oxygens (including phenoxy) is 1. The first-order chi connectivity index (χ1) is 18.3. The van der Waals surface area contributed by atoms with E-state index in [2.05, 4.69) is 24.5 Å². The number of amides is 1. The van der Waals surface area contributed by atoms with E-state index < -0.39 is 18.0 Å². The number of hydrogen-bond acceptors (Lipinski definition) is 6. The molecule has 0 saturated carbocycles. The van der Waals surface area contributed by atoms with Crippen molar-refractivity contribution in [3.63, 3.8) is 0 Å². The predicted octanol–water partition coefficient (Wildman–Crippen LogP) is 5.18. The van der Waals surface area contributed by atoms with E-state index in [1.165, 1.54) is 0 Å². The number of anilines is 1. The van der Waals surface area contributed by atoms with Gasteiger partial charge in [-0.1, -0.05) is 38.5 Å². The van der Waals surface area contributed by atoms with Crippen LogP contribution in [0.4, 0.5) is 5.69 Å². The molecule has 38 heavy (non-hydrogen) atoms. The van der Waals surface area contributed by atoms with Gasteiger partial charge < -0.3 is 30.0 Å². The third-order valence-corrected chi connectivity index (χ3v) is 6.56. The molecule has 0 unspecified atom stereocenters. The fourth-order valence-corrected chi connectivity index (χ4v) is 3.97. The molecule has 0 spiro atoms. The van der Waals surface area contributed by atoms with E-state index in [0.717, 1.165) is 40.2 Å². The van der Waals surface area contributed by atoms with E-state index in [-0.39, 0.29) is 12.6 Å². The SMILES string of the molecule is CC[C@H](C)[C@@H](COc1ccc(-c2cc3ccccc3o2)cc1)Nc1ccc(C(=O)NC[C@@H](O)C(=O)O)cc1. The molecule has 198 valence electrons. The van der Waals surface area contributed by atoms with Crippen LogP contribution in [-0.4, -0.2) is 47.4 Å². The number of nitrogens with one attached hydrogen (secondary N) is 2. The van der Waals surface area contributed by atoms with E-state index in [1.807, 2.05) is 54.6 Å². The van der Waals surface area contributed by atoms with Crippen LogP contribution in [-0.2, 0) is 4.79 Å². The summed E-state index contributed by atoms with van der Waals surface area (Å²) < 4.78 is 12.1. The Bertz CT molecular complexity index is 1330. The van der Waals surface area contributed by atoms with Gasteiger partial charge in [-0.3, -0.25) is 4.79 Å². The first-order valence-corrected chi connectivity index (χ1v) is 12.6. The number of aliphatic hydroxyl groups excluding tert-OH is 1. The van der Waals surface area contributed by atoms with E-state index in [0.29, 0.717) is 18.1 Å². The molecule has 4 N–H and O–H groups in total. The molecule has 1 heterocycles. The fourth-order valence-electron chi connectivity index (χ4n) is 3.97. The molecule has 1 aromatic heterocycles. The summed E-state index contributed by atoms with van der Waals surface area (Å²) in [5.41, 5.74) is 3.04. The summed E-state index contributed by atoms with van der Waals surface area (Å²) in [5, 5.41) is 25.0. The normalized spacial score (nSPS) is 13.4. The number of carboxylic acid groups (broad SMARTS) is 1. The molecular formula is C30H32N2O6. The van der Waals surface area contributed by atoms with Crippen molar-refractivity contribution in [2.45, 2.75) is 32.4 Å². The molecule has 0 aliphatic rings. The van der Waals surface area contributed by atoms with Crippen LogP contribution in [0.2, 0.25) is 0 Å². The maximum absolute atomic E-state index is 12.2. The van der Waals surface area contributed by atoms with Crippen LogP contribution in [0.1, 0.15) is 30.6 Å². The lowest BCUT2D eigenvalue weighted by molar-refractivity contribution is -0.146. The number of aliphatic hydroxyl groups is 1. The van der Waals surface area contributed by atoms with Crippen LogP contribution < -0.4 is 15.4 Å². The van der Waals surface area contributed by atoms with Crippen molar-refractivity contribution < 1.29 is 29.0 Å². The third kappa shape index (κ3) is 6.72. The molecule has 8 nitrogen and oxygen atoms in total. The van der Waals surface area contributed by atoms with Crippen LogP contribution in [0.25, 0.3) is 22.3 Å². The Kier molecular flexibility index (Phi) is 8.66. The van der Waals surface area contributed by atoms with Gasteiger partial charge in [0.25, 0.3) is 5.91 Å². The lowest BCUT2D eigenvalue weighted by atomic mass is 9.99. The second kappa shape index (κ2) is 12.3. The largest absolute Gasteiger partial charge is 0.491 e. The molecule has 0 bridgehead atoms. The monoisotopic (exact) mass is 516 g/mol. The van der Waals surface area contributed by atoms with E-state index in [4.69, 9.17) is 14.3 Å². The summed E-state index contributed by atoms with van der Waals surface area (Å²) in [7, 11) is 0. The van der Waals surface area contributed by atoms with Crippen LogP contribution in [0, 0.1) is 5.92 Å². The highest BCUT2D eigenvalue weighted by Gasteiger charge is 2.18. The third-order valence-electron chi connectivity index (χ3n) is 6.56. The Morgan fingerprint density at radius 2 is 1.71 bits per heavy atom. The summed E-state index contributed by atoms with van der Waals surface area (Å²) in [6, 6.07) is 24.7. The molecule has 4 rings (SSSR count). The standard InChI is InChI=1S/C30H32N2O6/c1-3-19(2)25(32-23-12-8-21(9-13-23)29(34)31-17-26(33)30(35)36)18-37-24-14-10-20(11-15-24)28-16-22-6-4-5-7-27(22)38-28/h4-16,19,25-26,32-33H,3,17-18H2,1-2H3,(H,31,34)(H,35,36)/t19-,25+,26+/m0/s1. The second-order valence-electron chi connectivity index (χ2n) is 9.26. The summed E-state index contributed by atoms with van der Waals surface area (Å²) in [6.45, 7) is 4.37. The second-order valence-corrected chi connectivity index (χ2v) is 9.26. The molecular weight excluding hydrogens is 484 g/mol. The van der Waals surface area contributed by atoms with Gasteiger partial charge in [0.05, 0.1) is 12.6 Å². The smallest absolute Gasteiger partial charge is 0.334 e. The highest BCUT2D eigenvalue weighted by Crippen LogP contribution is 2.29. The topological polar surface area (TPSA) is 121 Å². The zero-order valence-electron chi connectivity index (χ0n) is 21.4. The molecule has 3 aromatic carbocycles. The molecule has 0 saturated heterocycles. The lowest BCUT2D eigenvalue weighted by Gasteiger charge is -2.25. The Hall–Kier alpha value is -4.30. The molecule has 3 atom stereocenters. The van der Waals surface area contributed by atoms with Gasteiger partial charge in [-0.25, -0.2) is 4.79 Å². The van der Waals surface area contributed by atoms with Crippen molar-refractivity contribution in [1.82, 2.24) is 5.32 Å². The zero-order chi connectivity index (χ0) is 27.1. The molecule has 4 aromatic rings. The van der Waals surface area contributed by atoms with E-state index in [1.54, 1.807) is 24.3 Å². The summed E-state index contributed by atoms with van der Waals surface area (Å²) >= 11 is 0. The van der Waals surface area contributed by atoms with Crippen LogP contribution >= 0.6 is 0 Å². The minimum absolute atomic E-state index is 0.0282. The van der Waals surface area contributed by atoms with Crippen molar-refractivity contribution in [2.24, 2.45) is 5.92 Å². The highest BCUT2D eigenvalue weighted by atomic mass is 16.5.